The highest BCUT2D eigenvalue weighted by atomic mass is 35.5. The van der Waals surface area contributed by atoms with E-state index in [2.05, 4.69) is 5.32 Å². The largest absolute Gasteiger partial charge is 0.496 e. The number of nitriles is 1. The second-order valence-electron chi connectivity index (χ2n) is 5.15. The second-order valence-corrected chi connectivity index (χ2v) is 5.55. The van der Waals surface area contributed by atoms with Gasteiger partial charge in [0.25, 0.3) is 5.91 Å². The number of ether oxygens (including phenoxy) is 2. The highest BCUT2D eigenvalue weighted by Gasteiger charge is 2.22. The van der Waals surface area contributed by atoms with Gasteiger partial charge in [0.2, 0.25) is 0 Å². The van der Waals surface area contributed by atoms with Gasteiger partial charge < -0.3 is 14.8 Å². The van der Waals surface area contributed by atoms with E-state index >= 15 is 0 Å². The smallest absolute Gasteiger partial charge is 0.314 e. The van der Waals surface area contributed by atoms with Crippen molar-refractivity contribution in [3.8, 4) is 17.6 Å². The van der Waals surface area contributed by atoms with E-state index in [0.717, 1.165) is 0 Å². The summed E-state index contributed by atoms with van der Waals surface area (Å²) in [5.41, 5.74) is 0.340. The van der Waals surface area contributed by atoms with Gasteiger partial charge >= 0.3 is 5.69 Å². The van der Waals surface area contributed by atoms with Crippen molar-refractivity contribution in [3.05, 3.63) is 57.1 Å². The molecule has 1 N–H and O–H groups in total. The molecule has 0 aliphatic heterocycles. The average Bonchev–Trinajstić information content (AvgIpc) is 2.61. The van der Waals surface area contributed by atoms with Crippen LogP contribution in [0.3, 0.4) is 0 Å². The molecular weight excluding hydrogens is 362 g/mol. The van der Waals surface area contributed by atoms with Crippen LogP contribution in [0.4, 0.5) is 11.4 Å². The molecule has 1 atom stereocenters. The fraction of sp³-hybridized carbons (Fsp3) is 0.176. The first-order valence-corrected chi connectivity index (χ1v) is 7.73. The van der Waals surface area contributed by atoms with Gasteiger partial charge in [0.15, 0.2) is 11.9 Å². The number of nitro benzene ring substituents is 1. The van der Waals surface area contributed by atoms with Crippen molar-refractivity contribution in [1.29, 1.82) is 5.26 Å². The van der Waals surface area contributed by atoms with Crippen molar-refractivity contribution >= 4 is 28.9 Å². The number of hydrogen-bond acceptors (Lipinski definition) is 6. The molecule has 0 spiro atoms. The molecule has 0 saturated carbocycles. The van der Waals surface area contributed by atoms with Crippen LogP contribution in [-0.4, -0.2) is 24.0 Å². The number of rotatable bonds is 6. The number of methoxy groups -OCH3 is 1. The molecule has 0 aromatic heterocycles. The fourth-order valence-electron chi connectivity index (χ4n) is 2.04. The highest BCUT2D eigenvalue weighted by molar-refractivity contribution is 6.32. The number of anilines is 1. The summed E-state index contributed by atoms with van der Waals surface area (Å²) in [6.07, 6.45) is -1.02. The quantitative estimate of drug-likeness (QED) is 0.610. The molecule has 1 amide bonds. The van der Waals surface area contributed by atoms with Crippen LogP contribution in [0.15, 0.2) is 36.4 Å². The number of nitrogens with zero attached hydrogens (tertiary/aromatic N) is 2. The third-order valence-electron chi connectivity index (χ3n) is 3.39. The Morgan fingerprint density at radius 3 is 2.65 bits per heavy atom. The van der Waals surface area contributed by atoms with E-state index in [9.17, 15) is 14.9 Å². The summed E-state index contributed by atoms with van der Waals surface area (Å²) >= 11 is 5.91. The van der Waals surface area contributed by atoms with Crippen molar-refractivity contribution < 1.29 is 19.2 Å². The van der Waals surface area contributed by atoms with E-state index in [1.54, 1.807) is 0 Å². The lowest BCUT2D eigenvalue weighted by Crippen LogP contribution is -2.30. The lowest BCUT2D eigenvalue weighted by Gasteiger charge is -2.15. The Labute approximate surface area is 154 Å². The van der Waals surface area contributed by atoms with Crippen LogP contribution in [0.2, 0.25) is 5.02 Å². The van der Waals surface area contributed by atoms with Crippen LogP contribution in [0.5, 0.6) is 11.5 Å². The minimum absolute atomic E-state index is 0.0590. The monoisotopic (exact) mass is 375 g/mol. The molecular formula is C17H14ClN3O5. The number of nitro groups is 1. The Kier molecular flexibility index (Phi) is 5.98. The van der Waals surface area contributed by atoms with E-state index in [1.807, 2.05) is 6.07 Å². The molecule has 0 radical (unpaired) electrons. The zero-order valence-electron chi connectivity index (χ0n) is 13.9. The molecule has 8 nitrogen and oxygen atoms in total. The first-order chi connectivity index (χ1) is 12.3. The maximum absolute atomic E-state index is 12.2. The summed E-state index contributed by atoms with van der Waals surface area (Å²) in [4.78, 5) is 22.8. The third kappa shape index (κ3) is 4.40. The van der Waals surface area contributed by atoms with Gasteiger partial charge in [0, 0.05) is 5.69 Å². The molecule has 0 aliphatic rings. The summed E-state index contributed by atoms with van der Waals surface area (Å²) in [6, 6.07) is 10.4. The number of halogens is 1. The van der Waals surface area contributed by atoms with Gasteiger partial charge in [-0.15, -0.1) is 0 Å². The Hall–Kier alpha value is -3.31. The van der Waals surface area contributed by atoms with Crippen LogP contribution < -0.4 is 14.8 Å². The van der Waals surface area contributed by atoms with Crippen molar-refractivity contribution in [3.63, 3.8) is 0 Å². The summed E-state index contributed by atoms with van der Waals surface area (Å²) in [5.74, 6) is -0.291. The Morgan fingerprint density at radius 1 is 1.35 bits per heavy atom. The van der Waals surface area contributed by atoms with Crippen LogP contribution >= 0.6 is 11.6 Å². The molecule has 0 heterocycles. The van der Waals surface area contributed by atoms with Gasteiger partial charge in [0.1, 0.15) is 11.8 Å². The zero-order valence-corrected chi connectivity index (χ0v) is 14.6. The number of benzene rings is 2. The van der Waals surface area contributed by atoms with Gasteiger partial charge in [-0.1, -0.05) is 11.6 Å². The molecule has 134 valence electrons. The fourth-order valence-corrected chi connectivity index (χ4v) is 2.26. The first kappa shape index (κ1) is 19.0. The molecule has 9 heteroatoms. The van der Waals surface area contributed by atoms with E-state index < -0.39 is 16.9 Å². The van der Waals surface area contributed by atoms with E-state index in [4.69, 9.17) is 26.3 Å². The average molecular weight is 376 g/mol. The van der Waals surface area contributed by atoms with Crippen LogP contribution in [0, 0.1) is 21.4 Å². The molecule has 0 saturated heterocycles. The summed E-state index contributed by atoms with van der Waals surface area (Å²) in [6.45, 7) is 1.45. The minimum Gasteiger partial charge on any atom is -0.496 e. The van der Waals surface area contributed by atoms with Gasteiger partial charge in [-0.2, -0.15) is 5.26 Å². The zero-order chi connectivity index (χ0) is 19.3. The predicted octanol–water partition coefficient (Wildman–Crippen LogP) is 3.53. The summed E-state index contributed by atoms with van der Waals surface area (Å²) in [7, 11) is 1.39. The van der Waals surface area contributed by atoms with Crippen molar-refractivity contribution in [2.45, 2.75) is 13.0 Å². The Morgan fingerprint density at radius 2 is 2.08 bits per heavy atom. The SMILES string of the molecule is COc1ccc(O[C@H](C)C(=O)Nc2ccc(C#N)c(Cl)c2)c([N+](=O)[O-])c1. The molecule has 2 aromatic carbocycles. The number of carbonyl (C=O) groups excluding carboxylic acids is 1. The van der Waals surface area contributed by atoms with Gasteiger partial charge in [0.05, 0.1) is 28.7 Å². The first-order valence-electron chi connectivity index (χ1n) is 7.35. The number of nitrogens with one attached hydrogen (secondary N) is 1. The minimum atomic E-state index is -1.02. The van der Waals surface area contributed by atoms with E-state index in [-0.39, 0.29) is 22.0 Å². The predicted molar refractivity (Wildman–Crippen MR) is 94.5 cm³/mol. The number of amides is 1. The third-order valence-corrected chi connectivity index (χ3v) is 3.71. The molecule has 0 bridgehead atoms. The normalized spacial score (nSPS) is 11.2. The lowest BCUT2D eigenvalue weighted by atomic mass is 10.2. The van der Waals surface area contributed by atoms with Crippen LogP contribution in [-0.2, 0) is 4.79 Å². The maximum Gasteiger partial charge on any atom is 0.314 e. The number of hydrogen-bond donors (Lipinski definition) is 1. The molecule has 0 unspecified atom stereocenters. The van der Waals surface area contributed by atoms with Crippen LogP contribution in [0.25, 0.3) is 0 Å². The molecule has 2 rings (SSSR count). The second kappa shape index (κ2) is 8.18. The standard InChI is InChI=1S/C17H14ClN3O5/c1-10(17(22)20-12-4-3-11(9-19)14(18)7-12)26-16-6-5-13(25-2)8-15(16)21(23)24/h3-8,10H,1-2H3,(H,20,22)/t10-/m1/s1. The van der Waals surface area contributed by atoms with Crippen LogP contribution in [0.1, 0.15) is 12.5 Å². The van der Waals surface area contributed by atoms with Gasteiger partial charge in [-0.05, 0) is 37.3 Å². The summed E-state index contributed by atoms with van der Waals surface area (Å²) < 4.78 is 10.4. The number of carbonyl (C=O) groups is 1. The Balaban J connectivity index is 2.13. The lowest BCUT2D eigenvalue weighted by molar-refractivity contribution is -0.386. The molecule has 0 fully saturated rings. The van der Waals surface area contributed by atoms with Crippen molar-refractivity contribution in [2.75, 3.05) is 12.4 Å². The molecule has 26 heavy (non-hydrogen) atoms. The Bertz CT molecular complexity index is 894. The molecule has 0 aliphatic carbocycles. The van der Waals surface area contributed by atoms with Crippen molar-refractivity contribution in [1.82, 2.24) is 0 Å². The van der Waals surface area contributed by atoms with E-state index in [1.165, 1.54) is 50.4 Å². The highest BCUT2D eigenvalue weighted by Crippen LogP contribution is 2.32. The maximum atomic E-state index is 12.2. The topological polar surface area (TPSA) is 114 Å². The van der Waals surface area contributed by atoms with E-state index in [0.29, 0.717) is 11.4 Å². The summed E-state index contributed by atoms with van der Waals surface area (Å²) in [5, 5.41) is 22.8. The van der Waals surface area contributed by atoms with Gasteiger partial charge in [-0.3, -0.25) is 14.9 Å². The van der Waals surface area contributed by atoms with Crippen molar-refractivity contribution in [2.24, 2.45) is 0 Å². The van der Waals surface area contributed by atoms with Gasteiger partial charge in [-0.25, -0.2) is 0 Å². The molecule has 2 aromatic rings.